The van der Waals surface area contributed by atoms with E-state index in [0.717, 1.165) is 63.5 Å². The highest BCUT2D eigenvalue weighted by atomic mass is 127. The standard InChI is InChI=1S/C21H34N4O4S.HI/c1-22-21(23-12-16-30(26,27)24-17-20-9-5-6-15-28-20)25-13-10-19(11-14-25)29-18-7-3-2-4-8-18;/h2-4,7-8,19-20,24H,5-6,9-17H2,1H3,(H,22,23);1H. The molecule has 31 heavy (non-hydrogen) atoms. The van der Waals surface area contributed by atoms with Gasteiger partial charge < -0.3 is 19.7 Å². The number of nitrogens with zero attached hydrogens (tertiary/aromatic N) is 2. The maximum absolute atomic E-state index is 12.3. The van der Waals surface area contributed by atoms with Gasteiger partial charge in [-0.15, -0.1) is 24.0 Å². The van der Waals surface area contributed by atoms with E-state index in [9.17, 15) is 8.42 Å². The Bertz CT molecular complexity index is 765. The number of benzene rings is 1. The highest BCUT2D eigenvalue weighted by Crippen LogP contribution is 2.18. The first-order valence-electron chi connectivity index (χ1n) is 10.8. The van der Waals surface area contributed by atoms with Crippen molar-refractivity contribution in [2.24, 2.45) is 4.99 Å². The van der Waals surface area contributed by atoms with Gasteiger partial charge in [0.25, 0.3) is 0 Å². The minimum atomic E-state index is -3.34. The first kappa shape index (κ1) is 26.1. The minimum absolute atomic E-state index is 0. The fourth-order valence-corrected chi connectivity index (χ4v) is 4.72. The zero-order valence-electron chi connectivity index (χ0n) is 18.2. The number of halogens is 1. The number of likely N-dealkylation sites (tertiary alicyclic amines) is 1. The molecule has 2 saturated heterocycles. The summed E-state index contributed by atoms with van der Waals surface area (Å²) >= 11 is 0. The molecular formula is C21H35IN4O4S. The molecule has 0 aromatic heterocycles. The lowest BCUT2D eigenvalue weighted by Crippen LogP contribution is -2.48. The number of nitrogens with one attached hydrogen (secondary N) is 2. The van der Waals surface area contributed by atoms with Crippen molar-refractivity contribution in [1.29, 1.82) is 0 Å². The summed E-state index contributed by atoms with van der Waals surface area (Å²) in [5, 5.41) is 3.18. The quantitative estimate of drug-likeness (QED) is 0.285. The first-order chi connectivity index (χ1) is 14.6. The molecular weight excluding hydrogens is 531 g/mol. The fourth-order valence-electron chi connectivity index (χ4n) is 3.77. The summed E-state index contributed by atoms with van der Waals surface area (Å²) in [5.41, 5.74) is 0. The Hall–Kier alpha value is -1.11. The third kappa shape index (κ3) is 9.11. The van der Waals surface area contributed by atoms with Crippen LogP contribution in [-0.4, -0.2) is 77.1 Å². The molecule has 0 bridgehead atoms. The molecule has 2 fully saturated rings. The number of sulfonamides is 1. The number of guanidine groups is 1. The predicted octanol–water partition coefficient (Wildman–Crippen LogP) is 2.21. The van der Waals surface area contributed by atoms with Crippen LogP contribution in [0.25, 0.3) is 0 Å². The molecule has 1 aromatic carbocycles. The molecule has 176 valence electrons. The number of hydrogen-bond donors (Lipinski definition) is 2. The molecule has 2 aliphatic heterocycles. The van der Waals surface area contributed by atoms with Gasteiger partial charge in [-0.25, -0.2) is 13.1 Å². The number of hydrogen-bond acceptors (Lipinski definition) is 5. The van der Waals surface area contributed by atoms with E-state index in [0.29, 0.717) is 13.1 Å². The number of ether oxygens (including phenoxy) is 2. The lowest BCUT2D eigenvalue weighted by molar-refractivity contribution is 0.0200. The Morgan fingerprint density at radius 1 is 1.19 bits per heavy atom. The lowest BCUT2D eigenvalue weighted by Gasteiger charge is -2.34. The summed E-state index contributed by atoms with van der Waals surface area (Å²) in [4.78, 5) is 6.47. The zero-order chi connectivity index (χ0) is 21.2. The topological polar surface area (TPSA) is 92.3 Å². The predicted molar refractivity (Wildman–Crippen MR) is 134 cm³/mol. The van der Waals surface area contributed by atoms with Crippen molar-refractivity contribution in [2.45, 2.75) is 44.3 Å². The van der Waals surface area contributed by atoms with Crippen molar-refractivity contribution in [2.75, 3.05) is 45.6 Å². The molecule has 2 N–H and O–H groups in total. The third-order valence-electron chi connectivity index (χ3n) is 5.46. The van der Waals surface area contributed by atoms with E-state index in [1.807, 2.05) is 30.3 Å². The van der Waals surface area contributed by atoms with E-state index in [-0.39, 0.29) is 41.9 Å². The van der Waals surface area contributed by atoms with Gasteiger partial charge in [-0.05, 0) is 31.4 Å². The van der Waals surface area contributed by atoms with Gasteiger partial charge in [0.2, 0.25) is 10.0 Å². The zero-order valence-corrected chi connectivity index (χ0v) is 21.3. The molecule has 1 atom stereocenters. The van der Waals surface area contributed by atoms with Crippen LogP contribution in [0.3, 0.4) is 0 Å². The largest absolute Gasteiger partial charge is 0.490 e. The second-order valence-electron chi connectivity index (χ2n) is 7.75. The van der Waals surface area contributed by atoms with Crippen molar-refractivity contribution in [1.82, 2.24) is 14.9 Å². The normalized spacial score (nSPS) is 20.7. The number of piperidine rings is 1. The Balaban J connectivity index is 0.00000341. The number of rotatable bonds is 8. The molecule has 1 aromatic rings. The summed E-state index contributed by atoms with van der Waals surface area (Å²) in [6, 6.07) is 9.87. The van der Waals surface area contributed by atoms with E-state index in [1.54, 1.807) is 7.05 Å². The molecule has 8 nitrogen and oxygen atoms in total. The van der Waals surface area contributed by atoms with Crippen LogP contribution in [0, 0.1) is 0 Å². The summed E-state index contributed by atoms with van der Waals surface area (Å²) < 4.78 is 38.8. The highest BCUT2D eigenvalue weighted by Gasteiger charge is 2.23. The second kappa shape index (κ2) is 13.4. The van der Waals surface area contributed by atoms with Gasteiger partial charge in [-0.2, -0.15) is 0 Å². The van der Waals surface area contributed by atoms with Gasteiger partial charge in [-0.3, -0.25) is 4.99 Å². The van der Waals surface area contributed by atoms with Gasteiger partial charge in [0, 0.05) is 52.7 Å². The first-order valence-corrected chi connectivity index (χ1v) is 12.5. The smallest absolute Gasteiger partial charge is 0.213 e. The molecule has 0 aliphatic carbocycles. The lowest BCUT2D eigenvalue weighted by atomic mass is 10.1. The van der Waals surface area contributed by atoms with Crippen molar-refractivity contribution in [3.05, 3.63) is 30.3 Å². The third-order valence-corrected chi connectivity index (χ3v) is 6.81. The average molecular weight is 567 g/mol. The fraction of sp³-hybridized carbons (Fsp3) is 0.667. The number of aliphatic imine (C=N–C) groups is 1. The summed E-state index contributed by atoms with van der Waals surface area (Å²) in [6.45, 7) is 3.03. The minimum Gasteiger partial charge on any atom is -0.490 e. The van der Waals surface area contributed by atoms with E-state index >= 15 is 0 Å². The van der Waals surface area contributed by atoms with Gasteiger partial charge >= 0.3 is 0 Å². The summed E-state index contributed by atoms with van der Waals surface area (Å²) in [5.74, 6) is 1.64. The van der Waals surface area contributed by atoms with Gasteiger partial charge in [0.15, 0.2) is 5.96 Å². The average Bonchev–Trinajstić information content (AvgIpc) is 2.78. The van der Waals surface area contributed by atoms with Crippen LogP contribution < -0.4 is 14.8 Å². The summed E-state index contributed by atoms with van der Waals surface area (Å²) in [6.07, 6.45) is 5.05. The molecule has 10 heteroatoms. The monoisotopic (exact) mass is 566 g/mol. The molecule has 0 spiro atoms. The van der Waals surface area contributed by atoms with E-state index in [1.165, 1.54) is 0 Å². The van der Waals surface area contributed by atoms with Crippen molar-refractivity contribution < 1.29 is 17.9 Å². The molecule has 0 radical (unpaired) electrons. The van der Waals surface area contributed by atoms with E-state index in [4.69, 9.17) is 9.47 Å². The van der Waals surface area contributed by atoms with Crippen molar-refractivity contribution in [3.63, 3.8) is 0 Å². The Labute approximate surface area is 203 Å². The Kier molecular flexibility index (Phi) is 11.3. The molecule has 1 unspecified atom stereocenters. The van der Waals surface area contributed by atoms with E-state index < -0.39 is 10.0 Å². The van der Waals surface area contributed by atoms with Crippen molar-refractivity contribution in [3.8, 4) is 5.75 Å². The van der Waals surface area contributed by atoms with E-state index in [2.05, 4.69) is 19.9 Å². The second-order valence-corrected chi connectivity index (χ2v) is 9.67. The molecule has 2 aliphatic rings. The summed E-state index contributed by atoms with van der Waals surface area (Å²) in [7, 11) is -1.62. The van der Waals surface area contributed by atoms with Crippen molar-refractivity contribution >= 4 is 40.0 Å². The maximum Gasteiger partial charge on any atom is 0.213 e. The Morgan fingerprint density at radius 2 is 1.94 bits per heavy atom. The van der Waals surface area contributed by atoms with Crippen LogP contribution in [0.1, 0.15) is 32.1 Å². The van der Waals surface area contributed by atoms with Crippen LogP contribution in [-0.2, 0) is 14.8 Å². The van der Waals surface area contributed by atoms with Gasteiger partial charge in [0.05, 0.1) is 11.9 Å². The number of para-hydroxylation sites is 1. The maximum atomic E-state index is 12.3. The van der Waals surface area contributed by atoms with Crippen LogP contribution in [0.4, 0.5) is 0 Å². The van der Waals surface area contributed by atoms with Crippen LogP contribution in [0.5, 0.6) is 5.75 Å². The van der Waals surface area contributed by atoms with Gasteiger partial charge in [-0.1, -0.05) is 18.2 Å². The molecule has 3 rings (SSSR count). The van der Waals surface area contributed by atoms with Crippen LogP contribution in [0.15, 0.2) is 35.3 Å². The molecule has 0 amide bonds. The highest BCUT2D eigenvalue weighted by molar-refractivity contribution is 14.0. The van der Waals surface area contributed by atoms with Gasteiger partial charge in [0.1, 0.15) is 11.9 Å². The SMILES string of the molecule is CN=C(NCCS(=O)(=O)NCC1CCCCO1)N1CCC(Oc2ccccc2)CC1.I. The Morgan fingerprint density at radius 3 is 2.58 bits per heavy atom. The molecule has 2 heterocycles. The van der Waals surface area contributed by atoms with Crippen LogP contribution >= 0.6 is 24.0 Å². The molecule has 0 saturated carbocycles. The van der Waals surface area contributed by atoms with Crippen LogP contribution in [0.2, 0.25) is 0 Å².